The van der Waals surface area contributed by atoms with Crippen LogP contribution in [0, 0.1) is 39.0 Å². The van der Waals surface area contributed by atoms with E-state index in [2.05, 4.69) is 28.9 Å². The van der Waals surface area contributed by atoms with Crippen molar-refractivity contribution in [2.24, 2.45) is 4.99 Å². The summed E-state index contributed by atoms with van der Waals surface area (Å²) in [7, 11) is 0. The first-order chi connectivity index (χ1) is 17.8. The summed E-state index contributed by atoms with van der Waals surface area (Å²) < 4.78 is 2.14. The van der Waals surface area contributed by atoms with E-state index in [9.17, 15) is 10.1 Å². The Morgan fingerprint density at radius 1 is 1.14 bits per heavy atom. The summed E-state index contributed by atoms with van der Waals surface area (Å²) in [5.74, 6) is -0.137. The molecule has 0 fully saturated rings. The smallest absolute Gasteiger partial charge is 0.259 e. The van der Waals surface area contributed by atoms with Crippen molar-refractivity contribution in [1.82, 2.24) is 4.57 Å². The maximum Gasteiger partial charge on any atom is 0.259 e. The summed E-state index contributed by atoms with van der Waals surface area (Å²) in [5, 5.41) is 15.1. The average molecular weight is 547 g/mol. The standard InChI is InChI=1S/C29H27ClN4OS2/c1-16-13-20(18(3)34(16)29-24(14-31)17(2)19(4)36-29)15-32-28-26(23-7-5-6-8-25(23)37-28)27(35)33-22-11-9-21(30)10-12-22/h9-13,15H,5-8H2,1-4H3,(H,33,35). The maximum atomic E-state index is 13.4. The van der Waals surface area contributed by atoms with Crippen molar-refractivity contribution < 1.29 is 4.79 Å². The number of nitrogens with zero attached hydrogens (tertiary/aromatic N) is 3. The van der Waals surface area contributed by atoms with E-state index in [1.165, 1.54) is 4.88 Å². The van der Waals surface area contributed by atoms with Crippen LogP contribution in [0.1, 0.15) is 66.6 Å². The number of nitriles is 1. The van der Waals surface area contributed by atoms with Gasteiger partial charge in [-0.1, -0.05) is 11.6 Å². The first-order valence-electron chi connectivity index (χ1n) is 12.2. The molecule has 0 saturated heterocycles. The zero-order chi connectivity index (χ0) is 26.3. The van der Waals surface area contributed by atoms with E-state index in [4.69, 9.17) is 16.6 Å². The molecule has 1 aromatic carbocycles. The molecule has 0 bridgehead atoms. The highest BCUT2D eigenvalue weighted by Crippen LogP contribution is 2.40. The number of rotatable bonds is 5. The van der Waals surface area contributed by atoms with Crippen molar-refractivity contribution in [2.75, 3.05) is 5.32 Å². The molecule has 5 rings (SSSR count). The van der Waals surface area contributed by atoms with Crippen LogP contribution < -0.4 is 5.32 Å². The van der Waals surface area contributed by atoms with Gasteiger partial charge in [-0.3, -0.25) is 4.79 Å². The highest BCUT2D eigenvalue weighted by Gasteiger charge is 2.25. The number of amides is 1. The lowest BCUT2D eigenvalue weighted by atomic mass is 9.95. The Morgan fingerprint density at radius 2 is 1.86 bits per heavy atom. The minimum atomic E-state index is -0.137. The van der Waals surface area contributed by atoms with Crippen molar-refractivity contribution in [3.8, 4) is 11.1 Å². The summed E-state index contributed by atoms with van der Waals surface area (Å²) in [6.45, 7) is 8.15. The minimum absolute atomic E-state index is 0.137. The second-order valence-corrected chi connectivity index (χ2v) is 12.1. The first-order valence-corrected chi connectivity index (χ1v) is 14.2. The second-order valence-electron chi connectivity index (χ2n) is 9.35. The van der Waals surface area contributed by atoms with Crippen LogP contribution in [0.4, 0.5) is 10.7 Å². The van der Waals surface area contributed by atoms with Gasteiger partial charge in [-0.05, 0) is 94.8 Å². The number of hydrogen-bond donors (Lipinski definition) is 1. The van der Waals surface area contributed by atoms with E-state index in [1.807, 2.05) is 27.0 Å². The molecule has 0 spiro atoms. The maximum absolute atomic E-state index is 13.4. The number of benzene rings is 1. The van der Waals surface area contributed by atoms with Gasteiger partial charge in [0.1, 0.15) is 16.1 Å². The van der Waals surface area contributed by atoms with Crippen LogP contribution in [0.5, 0.6) is 0 Å². The molecule has 3 aromatic heterocycles. The highest BCUT2D eigenvalue weighted by molar-refractivity contribution is 7.16. The molecule has 1 aliphatic rings. The predicted molar refractivity (Wildman–Crippen MR) is 155 cm³/mol. The molecule has 0 saturated carbocycles. The predicted octanol–water partition coefficient (Wildman–Crippen LogP) is 8.24. The molecule has 0 radical (unpaired) electrons. The molecule has 0 aliphatic heterocycles. The zero-order valence-corrected chi connectivity index (χ0v) is 23.6. The van der Waals surface area contributed by atoms with Crippen molar-refractivity contribution in [3.05, 3.63) is 84.3 Å². The fourth-order valence-electron chi connectivity index (χ4n) is 4.86. The molecule has 3 heterocycles. The lowest BCUT2D eigenvalue weighted by Crippen LogP contribution is -2.14. The van der Waals surface area contributed by atoms with Crippen molar-refractivity contribution in [1.29, 1.82) is 5.26 Å². The Kier molecular flexibility index (Phi) is 7.09. The Labute approximate surface area is 230 Å². The fraction of sp³-hybridized carbons (Fsp3) is 0.276. The number of anilines is 1. The third-order valence-electron chi connectivity index (χ3n) is 6.95. The van der Waals surface area contributed by atoms with Gasteiger partial charge in [-0.15, -0.1) is 22.7 Å². The minimum Gasteiger partial charge on any atom is -0.322 e. The Hall–Kier alpha value is -3.18. The van der Waals surface area contributed by atoms with Gasteiger partial charge in [0.05, 0.1) is 11.1 Å². The van der Waals surface area contributed by atoms with Gasteiger partial charge in [0.25, 0.3) is 5.91 Å². The Bertz CT molecular complexity index is 1580. The van der Waals surface area contributed by atoms with Crippen molar-refractivity contribution >= 4 is 57.1 Å². The van der Waals surface area contributed by atoms with Crippen LogP contribution in [0.3, 0.4) is 0 Å². The van der Waals surface area contributed by atoms with Gasteiger partial charge in [-0.25, -0.2) is 4.99 Å². The van der Waals surface area contributed by atoms with Gasteiger partial charge >= 0.3 is 0 Å². The van der Waals surface area contributed by atoms with Crippen molar-refractivity contribution in [3.63, 3.8) is 0 Å². The van der Waals surface area contributed by atoms with Gasteiger partial charge in [0.15, 0.2) is 0 Å². The Balaban J connectivity index is 1.52. The number of carbonyl (C=O) groups is 1. The second kappa shape index (κ2) is 10.3. The average Bonchev–Trinajstić information content (AvgIpc) is 3.49. The molecule has 1 aliphatic carbocycles. The van der Waals surface area contributed by atoms with Crippen LogP contribution in [0.25, 0.3) is 5.00 Å². The molecular weight excluding hydrogens is 520 g/mol. The number of aliphatic imine (C=N–C) groups is 1. The topological polar surface area (TPSA) is 70.2 Å². The van der Waals surface area contributed by atoms with E-state index >= 15 is 0 Å². The lowest BCUT2D eigenvalue weighted by Gasteiger charge is -2.12. The lowest BCUT2D eigenvalue weighted by molar-refractivity contribution is 0.102. The first kappa shape index (κ1) is 25.5. The van der Waals surface area contributed by atoms with Gasteiger partial charge in [0, 0.05) is 43.6 Å². The molecule has 4 aromatic rings. The van der Waals surface area contributed by atoms with Crippen LogP contribution in [0.15, 0.2) is 35.3 Å². The molecule has 1 amide bonds. The van der Waals surface area contributed by atoms with Crippen LogP contribution in [0.2, 0.25) is 5.02 Å². The molecule has 1 N–H and O–H groups in total. The summed E-state index contributed by atoms with van der Waals surface area (Å²) in [5.41, 5.74) is 7.31. The quantitative estimate of drug-likeness (QED) is 0.256. The van der Waals surface area contributed by atoms with Crippen molar-refractivity contribution in [2.45, 2.75) is 53.4 Å². The third kappa shape index (κ3) is 4.77. The van der Waals surface area contributed by atoms with Gasteiger partial charge in [-0.2, -0.15) is 5.26 Å². The van der Waals surface area contributed by atoms with Gasteiger partial charge < -0.3 is 9.88 Å². The van der Waals surface area contributed by atoms with E-state index in [-0.39, 0.29) is 5.91 Å². The molecular formula is C29H27ClN4OS2. The summed E-state index contributed by atoms with van der Waals surface area (Å²) in [6.07, 6.45) is 5.95. The fourth-order valence-corrected chi connectivity index (χ4v) is 7.44. The number of hydrogen-bond acceptors (Lipinski definition) is 5. The number of aromatic nitrogens is 1. The largest absolute Gasteiger partial charge is 0.322 e. The molecule has 8 heteroatoms. The van der Waals surface area contributed by atoms with Crippen LogP contribution in [-0.4, -0.2) is 16.7 Å². The highest BCUT2D eigenvalue weighted by atomic mass is 35.5. The molecule has 0 atom stereocenters. The van der Waals surface area contributed by atoms with E-state index in [0.29, 0.717) is 16.3 Å². The number of fused-ring (bicyclic) bond motifs is 1. The zero-order valence-electron chi connectivity index (χ0n) is 21.2. The number of halogens is 1. The molecule has 0 unspecified atom stereocenters. The molecule has 5 nitrogen and oxygen atoms in total. The van der Waals surface area contributed by atoms with E-state index < -0.39 is 0 Å². The Morgan fingerprint density at radius 3 is 2.59 bits per heavy atom. The SMILES string of the molecule is Cc1sc(-n2c(C)cc(C=Nc3sc4c(c3C(=O)Nc3ccc(Cl)cc3)CCCC4)c2C)c(C#N)c1C. The number of aryl methyl sites for hydroxylation is 3. The third-order valence-corrected chi connectivity index (χ3v) is 9.60. The van der Waals surface area contributed by atoms with Crippen LogP contribution >= 0.6 is 34.3 Å². The molecule has 188 valence electrons. The molecule has 37 heavy (non-hydrogen) atoms. The number of thiophene rings is 2. The number of carbonyl (C=O) groups excluding carboxylic acids is 1. The summed E-state index contributed by atoms with van der Waals surface area (Å²) in [6, 6.07) is 11.6. The van der Waals surface area contributed by atoms with Gasteiger partial charge in [0.2, 0.25) is 0 Å². The van der Waals surface area contributed by atoms with Crippen LogP contribution in [-0.2, 0) is 12.8 Å². The van der Waals surface area contributed by atoms with E-state index in [0.717, 1.165) is 74.2 Å². The number of nitrogens with one attached hydrogen (secondary N) is 1. The summed E-state index contributed by atoms with van der Waals surface area (Å²) >= 11 is 9.27. The monoisotopic (exact) mass is 546 g/mol. The summed E-state index contributed by atoms with van der Waals surface area (Å²) in [4.78, 5) is 20.7. The van der Waals surface area contributed by atoms with E-state index in [1.54, 1.807) is 46.9 Å². The normalized spacial score (nSPS) is 13.1.